The maximum atomic E-state index is 13.2. The van der Waals surface area contributed by atoms with Crippen molar-refractivity contribution in [3.05, 3.63) is 101 Å². The van der Waals surface area contributed by atoms with Gasteiger partial charge in [0.1, 0.15) is 5.82 Å². The van der Waals surface area contributed by atoms with Crippen LogP contribution in [0.15, 0.2) is 78.9 Å². The molecule has 0 unspecified atom stereocenters. The summed E-state index contributed by atoms with van der Waals surface area (Å²) < 4.78 is 18.1. The molecule has 2 amide bonds. The summed E-state index contributed by atoms with van der Waals surface area (Å²) in [6.45, 7) is -0.173. The molecule has 2 N–H and O–H groups in total. The summed E-state index contributed by atoms with van der Waals surface area (Å²) in [5.41, 5.74) is 1.99. The molecule has 0 heterocycles. The first-order valence-electron chi connectivity index (χ1n) is 9.62. The number of amides is 2. The number of carbonyl (C=O) groups is 3. The highest BCUT2D eigenvalue weighted by Gasteiger charge is 2.14. The van der Waals surface area contributed by atoms with Gasteiger partial charge in [-0.2, -0.15) is 0 Å². The van der Waals surface area contributed by atoms with Crippen LogP contribution in [0.1, 0.15) is 21.5 Å². The Morgan fingerprint density at radius 3 is 2.32 bits per heavy atom. The van der Waals surface area contributed by atoms with Crippen LogP contribution in [0.4, 0.5) is 10.1 Å². The molecule has 0 aliphatic rings. The molecule has 0 aromatic heterocycles. The second-order valence-electron chi connectivity index (χ2n) is 6.73. The molecular formula is C24H21FN2O4. The molecule has 31 heavy (non-hydrogen) atoms. The summed E-state index contributed by atoms with van der Waals surface area (Å²) in [5.74, 6) is -2.04. The van der Waals surface area contributed by atoms with Gasteiger partial charge in [0.05, 0.1) is 17.7 Å². The number of anilines is 1. The molecule has 0 saturated heterocycles. The highest BCUT2D eigenvalue weighted by atomic mass is 19.1. The normalized spacial score (nSPS) is 10.2. The molecule has 7 heteroatoms. The topological polar surface area (TPSA) is 84.5 Å². The van der Waals surface area contributed by atoms with Crippen LogP contribution in [0, 0.1) is 5.82 Å². The highest BCUT2D eigenvalue weighted by molar-refractivity contribution is 6.04. The number of rotatable bonds is 8. The zero-order chi connectivity index (χ0) is 22.1. The predicted molar refractivity (Wildman–Crippen MR) is 114 cm³/mol. The Balaban J connectivity index is 1.52. The van der Waals surface area contributed by atoms with E-state index in [4.69, 9.17) is 4.74 Å². The monoisotopic (exact) mass is 420 g/mol. The molecule has 158 valence electrons. The molecule has 0 aliphatic heterocycles. The van der Waals surface area contributed by atoms with Crippen LogP contribution in [0.25, 0.3) is 0 Å². The van der Waals surface area contributed by atoms with Crippen LogP contribution in [0.5, 0.6) is 0 Å². The summed E-state index contributed by atoms with van der Waals surface area (Å²) in [7, 11) is 0. The average Bonchev–Trinajstić information content (AvgIpc) is 2.77. The Labute approximate surface area is 179 Å². The minimum absolute atomic E-state index is 0.149. The van der Waals surface area contributed by atoms with Crippen molar-refractivity contribution in [2.24, 2.45) is 0 Å². The van der Waals surface area contributed by atoms with E-state index in [1.54, 1.807) is 30.3 Å². The summed E-state index contributed by atoms with van der Waals surface area (Å²) in [6.07, 6.45) is -0.149. The van der Waals surface area contributed by atoms with Gasteiger partial charge in [-0.3, -0.25) is 14.4 Å². The fraction of sp³-hybridized carbons (Fsp3) is 0.125. The van der Waals surface area contributed by atoms with Crippen LogP contribution in [0.2, 0.25) is 0 Å². The zero-order valence-electron chi connectivity index (χ0n) is 16.6. The number of nitrogens with one attached hydrogen (secondary N) is 2. The van der Waals surface area contributed by atoms with Crippen molar-refractivity contribution >= 4 is 23.5 Å². The van der Waals surface area contributed by atoms with E-state index in [0.717, 1.165) is 5.56 Å². The number of hydrogen-bond acceptors (Lipinski definition) is 4. The van der Waals surface area contributed by atoms with E-state index in [9.17, 15) is 18.8 Å². The van der Waals surface area contributed by atoms with Crippen molar-refractivity contribution in [3.63, 3.8) is 0 Å². The molecule has 0 bridgehead atoms. The summed E-state index contributed by atoms with van der Waals surface area (Å²) in [4.78, 5) is 36.6. The van der Waals surface area contributed by atoms with E-state index >= 15 is 0 Å². The van der Waals surface area contributed by atoms with Gasteiger partial charge in [0.2, 0.25) is 0 Å². The Bertz CT molecular complexity index is 1070. The first-order chi connectivity index (χ1) is 15.0. The molecule has 3 aromatic carbocycles. The van der Waals surface area contributed by atoms with Gasteiger partial charge >= 0.3 is 5.97 Å². The van der Waals surface area contributed by atoms with Gasteiger partial charge in [-0.15, -0.1) is 0 Å². The van der Waals surface area contributed by atoms with Gasteiger partial charge in [-0.05, 0) is 35.4 Å². The van der Waals surface area contributed by atoms with Crippen LogP contribution in [-0.2, 0) is 27.3 Å². The van der Waals surface area contributed by atoms with E-state index in [0.29, 0.717) is 17.8 Å². The van der Waals surface area contributed by atoms with Gasteiger partial charge in [0, 0.05) is 6.54 Å². The second-order valence-corrected chi connectivity index (χ2v) is 6.73. The summed E-state index contributed by atoms with van der Waals surface area (Å²) in [5, 5.41) is 5.39. The van der Waals surface area contributed by atoms with Crippen molar-refractivity contribution in [2.75, 3.05) is 11.9 Å². The van der Waals surface area contributed by atoms with Crippen molar-refractivity contribution in [3.8, 4) is 0 Å². The lowest BCUT2D eigenvalue weighted by Gasteiger charge is -2.12. The Morgan fingerprint density at radius 2 is 1.55 bits per heavy atom. The largest absolute Gasteiger partial charge is 0.455 e. The quantitative estimate of drug-likeness (QED) is 0.547. The molecular weight excluding hydrogens is 399 g/mol. The number of carbonyl (C=O) groups excluding carboxylic acids is 3. The molecule has 0 spiro atoms. The van der Waals surface area contributed by atoms with Crippen LogP contribution < -0.4 is 10.6 Å². The highest BCUT2D eigenvalue weighted by Crippen LogP contribution is 2.15. The third-order valence-corrected chi connectivity index (χ3v) is 4.34. The van der Waals surface area contributed by atoms with Gasteiger partial charge in [0.25, 0.3) is 11.8 Å². The number of benzene rings is 3. The third-order valence-electron chi connectivity index (χ3n) is 4.34. The van der Waals surface area contributed by atoms with Crippen molar-refractivity contribution in [2.45, 2.75) is 13.0 Å². The van der Waals surface area contributed by atoms with Crippen molar-refractivity contribution in [1.29, 1.82) is 0 Å². The van der Waals surface area contributed by atoms with E-state index in [2.05, 4.69) is 10.6 Å². The van der Waals surface area contributed by atoms with Crippen LogP contribution in [0.3, 0.4) is 0 Å². The molecule has 3 aromatic rings. The molecule has 0 radical (unpaired) electrons. The Hall–Kier alpha value is -4.00. The molecule has 6 nitrogen and oxygen atoms in total. The lowest BCUT2D eigenvalue weighted by atomic mass is 10.1. The van der Waals surface area contributed by atoms with Gasteiger partial charge in [-0.1, -0.05) is 54.6 Å². The number of halogens is 1. The van der Waals surface area contributed by atoms with Gasteiger partial charge < -0.3 is 15.4 Å². The molecule has 0 fully saturated rings. The molecule has 0 aliphatic carbocycles. The first kappa shape index (κ1) is 21.7. The fourth-order valence-corrected chi connectivity index (χ4v) is 2.86. The molecule has 0 saturated carbocycles. The number of esters is 1. The minimum Gasteiger partial charge on any atom is -0.455 e. The first-order valence-corrected chi connectivity index (χ1v) is 9.62. The maximum Gasteiger partial charge on any atom is 0.310 e. The van der Waals surface area contributed by atoms with E-state index < -0.39 is 24.3 Å². The van der Waals surface area contributed by atoms with E-state index in [1.165, 1.54) is 18.2 Å². The number of hydrogen-bond donors (Lipinski definition) is 2. The summed E-state index contributed by atoms with van der Waals surface area (Å²) in [6, 6.07) is 21.6. The van der Waals surface area contributed by atoms with E-state index in [1.807, 2.05) is 30.3 Å². The Morgan fingerprint density at radius 1 is 0.839 bits per heavy atom. The smallest absolute Gasteiger partial charge is 0.310 e. The fourth-order valence-electron chi connectivity index (χ4n) is 2.86. The average molecular weight is 420 g/mol. The Kier molecular flexibility index (Phi) is 7.48. The van der Waals surface area contributed by atoms with Crippen molar-refractivity contribution < 1.29 is 23.5 Å². The summed E-state index contributed by atoms with van der Waals surface area (Å²) >= 11 is 0. The van der Waals surface area contributed by atoms with Gasteiger partial charge in [0.15, 0.2) is 6.61 Å². The van der Waals surface area contributed by atoms with Crippen molar-refractivity contribution in [1.82, 2.24) is 5.32 Å². The zero-order valence-corrected chi connectivity index (χ0v) is 16.6. The van der Waals surface area contributed by atoms with Gasteiger partial charge in [-0.25, -0.2) is 4.39 Å². The third kappa shape index (κ3) is 6.78. The lowest BCUT2D eigenvalue weighted by Crippen LogP contribution is -2.26. The number of ether oxygens (including phenoxy) is 1. The van der Waals surface area contributed by atoms with E-state index in [-0.39, 0.29) is 17.9 Å². The molecule has 0 atom stereocenters. The second kappa shape index (κ2) is 10.7. The SMILES string of the molecule is O=C(COC(=O)Cc1cccc(F)c1)Nc1ccccc1C(=O)NCc1ccccc1. The molecule has 3 rings (SSSR count). The predicted octanol–water partition coefficient (Wildman–Crippen LogP) is 3.48. The van der Waals surface area contributed by atoms with Crippen LogP contribution >= 0.6 is 0 Å². The van der Waals surface area contributed by atoms with Crippen LogP contribution in [-0.4, -0.2) is 24.4 Å². The number of para-hydroxylation sites is 1. The maximum absolute atomic E-state index is 13.2. The standard InChI is InChI=1S/C24H21FN2O4/c25-19-10-6-9-18(13-19)14-23(29)31-16-22(28)27-21-12-5-4-11-20(21)24(30)26-15-17-7-2-1-3-8-17/h1-13H,14-16H2,(H,26,30)(H,27,28). The lowest BCUT2D eigenvalue weighted by molar-refractivity contribution is -0.146. The minimum atomic E-state index is -0.658.